The molecule has 0 radical (unpaired) electrons. The van der Waals surface area contributed by atoms with Crippen molar-refractivity contribution in [2.75, 3.05) is 13.2 Å². The third kappa shape index (κ3) is 0.850. The molecular formula is C14H18N2O4. The smallest absolute Gasteiger partial charge is 0.429 e. The van der Waals surface area contributed by atoms with Crippen molar-refractivity contribution < 1.29 is 19.1 Å². The first-order valence-electron chi connectivity index (χ1n) is 7.64. The van der Waals surface area contributed by atoms with Gasteiger partial charge >= 0.3 is 12.2 Å². The Hall–Kier alpha value is -1.46. The summed E-state index contributed by atoms with van der Waals surface area (Å²) in [5.41, 5.74) is 0. The normalized spacial score (nSPS) is 51.1. The van der Waals surface area contributed by atoms with Crippen molar-refractivity contribution in [2.24, 2.45) is 35.5 Å². The van der Waals surface area contributed by atoms with Gasteiger partial charge in [0.15, 0.2) is 0 Å². The lowest BCUT2D eigenvalue weighted by Gasteiger charge is -2.94. The molecule has 6 rings (SSSR count). The second-order valence-electron chi connectivity index (χ2n) is 6.53. The number of carbonyl (C=O) groups excluding carboxylic acids is 2. The molecule has 108 valence electrons. The molecule has 6 aliphatic rings. The predicted octanol–water partition coefficient (Wildman–Crippen LogP) is 1.32. The van der Waals surface area contributed by atoms with Gasteiger partial charge in [-0.25, -0.2) is 19.6 Å². The highest BCUT2D eigenvalue weighted by Crippen LogP contribution is 2.87. The van der Waals surface area contributed by atoms with E-state index in [-0.39, 0.29) is 24.3 Å². The minimum absolute atomic E-state index is 0.188. The van der Waals surface area contributed by atoms with Crippen molar-refractivity contribution in [1.82, 2.24) is 10.0 Å². The van der Waals surface area contributed by atoms with Crippen LogP contribution in [0.4, 0.5) is 9.59 Å². The largest absolute Gasteiger partial charge is 0.448 e. The third-order valence-electron chi connectivity index (χ3n) is 6.40. The maximum absolute atomic E-state index is 12.3. The molecule has 2 aliphatic heterocycles. The first kappa shape index (κ1) is 11.2. The molecule has 2 heterocycles. The summed E-state index contributed by atoms with van der Waals surface area (Å²) in [5, 5.41) is 3.17. The summed E-state index contributed by atoms with van der Waals surface area (Å²) >= 11 is 0. The highest BCUT2D eigenvalue weighted by Gasteiger charge is 2.92. The van der Waals surface area contributed by atoms with Crippen molar-refractivity contribution in [2.45, 2.75) is 25.9 Å². The quantitative estimate of drug-likeness (QED) is 0.764. The van der Waals surface area contributed by atoms with Crippen LogP contribution < -0.4 is 0 Å². The van der Waals surface area contributed by atoms with E-state index in [2.05, 4.69) is 0 Å². The number of nitrogens with zero attached hydrogens (tertiary/aromatic N) is 2. The Morgan fingerprint density at radius 1 is 0.750 bits per heavy atom. The minimum Gasteiger partial charge on any atom is -0.448 e. The molecule has 4 saturated carbocycles. The zero-order valence-corrected chi connectivity index (χ0v) is 11.6. The third-order valence-corrected chi connectivity index (χ3v) is 6.40. The summed E-state index contributed by atoms with van der Waals surface area (Å²) in [4.78, 5) is 24.5. The molecule has 0 aromatic rings. The SMILES string of the molecule is CCOC(=O)N1C2[C@H]3C4C5[C@H](C([C@H]53)N1C(=O)OCC)[C@@H]42. The van der Waals surface area contributed by atoms with E-state index in [0.717, 1.165) is 11.8 Å². The fraction of sp³-hybridized carbons (Fsp3) is 0.857. The van der Waals surface area contributed by atoms with Crippen molar-refractivity contribution in [3.8, 4) is 0 Å². The summed E-state index contributed by atoms with van der Waals surface area (Å²) in [6.45, 7) is 4.24. The Balaban J connectivity index is 1.48. The van der Waals surface area contributed by atoms with Gasteiger partial charge in [0.1, 0.15) is 0 Å². The fourth-order valence-electron chi connectivity index (χ4n) is 6.06. The molecule has 4 unspecified atom stereocenters. The van der Waals surface area contributed by atoms with Crippen LogP contribution >= 0.6 is 0 Å². The Morgan fingerprint density at radius 2 is 1.10 bits per heavy atom. The van der Waals surface area contributed by atoms with Crippen LogP contribution in [0.25, 0.3) is 0 Å². The number of hydrazine groups is 1. The Morgan fingerprint density at radius 3 is 1.40 bits per heavy atom. The Bertz CT molecular complexity index is 457. The molecule has 8 atom stereocenters. The fourth-order valence-corrected chi connectivity index (χ4v) is 6.06. The van der Waals surface area contributed by atoms with Gasteiger partial charge in [-0.1, -0.05) is 0 Å². The lowest BCUT2D eigenvalue weighted by molar-refractivity contribution is -0.482. The van der Waals surface area contributed by atoms with E-state index < -0.39 is 0 Å². The second-order valence-corrected chi connectivity index (χ2v) is 6.53. The topological polar surface area (TPSA) is 59.1 Å². The molecule has 0 N–H and O–H groups in total. The summed E-state index contributed by atoms with van der Waals surface area (Å²) in [7, 11) is 0. The van der Waals surface area contributed by atoms with E-state index >= 15 is 0 Å². The number of fused-ring (bicyclic) bond motifs is 1. The lowest BCUT2D eigenvalue weighted by atomic mass is 9.16. The molecule has 2 amide bonds. The van der Waals surface area contributed by atoms with Crippen LogP contribution in [0.2, 0.25) is 0 Å². The van der Waals surface area contributed by atoms with E-state index in [1.54, 1.807) is 23.9 Å². The van der Waals surface area contributed by atoms with E-state index in [4.69, 9.17) is 9.47 Å². The first-order valence-corrected chi connectivity index (χ1v) is 7.64. The summed E-state index contributed by atoms with van der Waals surface area (Å²) < 4.78 is 10.3. The molecule has 6 nitrogen and oxygen atoms in total. The van der Waals surface area contributed by atoms with E-state index in [1.165, 1.54) is 0 Å². The summed E-state index contributed by atoms with van der Waals surface area (Å²) in [5.74, 6) is 4.16. The average molecular weight is 278 g/mol. The molecule has 0 spiro atoms. The van der Waals surface area contributed by atoms with Crippen LogP contribution in [-0.2, 0) is 9.47 Å². The van der Waals surface area contributed by atoms with E-state index in [1.807, 2.05) is 0 Å². The molecule has 2 saturated heterocycles. The lowest BCUT2D eigenvalue weighted by Crippen LogP contribution is -3.00. The van der Waals surface area contributed by atoms with Crippen molar-refractivity contribution in [3.05, 3.63) is 0 Å². The van der Waals surface area contributed by atoms with Gasteiger partial charge in [-0.15, -0.1) is 0 Å². The van der Waals surface area contributed by atoms with Gasteiger partial charge in [-0.2, -0.15) is 0 Å². The molecule has 6 heteroatoms. The standard InChI is InChI=1S/C14H18N2O4/c1-3-19-13(17)15-11-7-5-6-9(7)12(10(6)8(5)11)16(15)14(18)20-4-2/h5-12H,3-4H2,1-2H3/t5?,6?,7-,8+,9+,10-,11?,12?. The van der Waals surface area contributed by atoms with Gasteiger partial charge in [0.2, 0.25) is 0 Å². The van der Waals surface area contributed by atoms with Crippen LogP contribution in [0.1, 0.15) is 13.8 Å². The number of rotatable bonds is 2. The van der Waals surface area contributed by atoms with Gasteiger partial charge in [0, 0.05) is 0 Å². The molecular weight excluding hydrogens is 260 g/mol. The minimum atomic E-state index is -0.388. The highest BCUT2D eigenvalue weighted by molar-refractivity contribution is 5.77. The number of amides is 2. The molecule has 4 aliphatic carbocycles. The van der Waals surface area contributed by atoms with Gasteiger partial charge in [-0.3, -0.25) is 0 Å². The van der Waals surface area contributed by atoms with Crippen LogP contribution in [0.5, 0.6) is 0 Å². The maximum atomic E-state index is 12.3. The van der Waals surface area contributed by atoms with Crippen molar-refractivity contribution in [3.63, 3.8) is 0 Å². The monoisotopic (exact) mass is 278 g/mol. The van der Waals surface area contributed by atoms with Crippen molar-refractivity contribution >= 4 is 12.2 Å². The first-order chi connectivity index (χ1) is 9.72. The Labute approximate surface area is 116 Å². The van der Waals surface area contributed by atoms with Crippen LogP contribution in [0.3, 0.4) is 0 Å². The zero-order valence-electron chi connectivity index (χ0n) is 11.6. The number of carbonyl (C=O) groups is 2. The molecule has 20 heavy (non-hydrogen) atoms. The second kappa shape index (κ2) is 3.23. The van der Waals surface area contributed by atoms with Gasteiger partial charge in [-0.05, 0) is 49.4 Å². The summed E-state index contributed by atoms with van der Waals surface area (Å²) in [6, 6.07) is 0.377. The average Bonchev–Trinajstić information content (AvgIpc) is 2.38. The zero-order chi connectivity index (χ0) is 13.8. The molecule has 0 aromatic carbocycles. The van der Waals surface area contributed by atoms with Crippen molar-refractivity contribution in [1.29, 1.82) is 0 Å². The van der Waals surface area contributed by atoms with Crippen LogP contribution in [0, 0.1) is 35.5 Å². The number of hydrogen-bond donors (Lipinski definition) is 0. The maximum Gasteiger partial charge on any atom is 0.429 e. The van der Waals surface area contributed by atoms with E-state index in [0.29, 0.717) is 36.9 Å². The van der Waals surface area contributed by atoms with Crippen LogP contribution in [0.15, 0.2) is 0 Å². The Kier molecular flexibility index (Phi) is 1.81. The van der Waals surface area contributed by atoms with Gasteiger partial charge < -0.3 is 9.47 Å². The molecule has 6 fully saturated rings. The summed E-state index contributed by atoms with van der Waals surface area (Å²) in [6.07, 6.45) is -0.775. The number of ether oxygens (including phenoxy) is 2. The molecule has 0 aromatic heterocycles. The van der Waals surface area contributed by atoms with E-state index in [9.17, 15) is 9.59 Å². The number of hydrogen-bond acceptors (Lipinski definition) is 4. The molecule has 2 bridgehead atoms. The predicted molar refractivity (Wildman–Crippen MR) is 66.2 cm³/mol. The van der Waals surface area contributed by atoms with Gasteiger partial charge in [0.25, 0.3) is 0 Å². The van der Waals surface area contributed by atoms with Gasteiger partial charge in [0.05, 0.1) is 25.3 Å². The van der Waals surface area contributed by atoms with Crippen LogP contribution in [-0.4, -0.2) is 47.5 Å². The highest BCUT2D eigenvalue weighted by atomic mass is 16.6.